The normalized spacial score (nSPS) is 17.5. The number of ether oxygens (including phenoxy) is 3. The molecule has 0 saturated carbocycles. The maximum absolute atomic E-state index is 13.5. The summed E-state index contributed by atoms with van der Waals surface area (Å²) in [4.78, 5) is 21.7. The number of alkyl halides is 6. The van der Waals surface area contributed by atoms with E-state index >= 15 is 0 Å². The van der Waals surface area contributed by atoms with Crippen molar-refractivity contribution in [2.75, 3.05) is 53.6 Å². The predicted molar refractivity (Wildman–Crippen MR) is 151 cm³/mol. The molecule has 0 unspecified atom stereocenters. The molecule has 1 amide bonds. The van der Waals surface area contributed by atoms with Gasteiger partial charge in [-0.1, -0.05) is 12.1 Å². The number of benzene rings is 2. The summed E-state index contributed by atoms with van der Waals surface area (Å²) < 4.78 is 95.4. The van der Waals surface area contributed by atoms with E-state index in [0.29, 0.717) is 21.7 Å². The van der Waals surface area contributed by atoms with Gasteiger partial charge in [-0.2, -0.15) is 31.3 Å². The first-order chi connectivity index (χ1) is 20.4. The zero-order valence-electron chi connectivity index (χ0n) is 23.6. The number of amidine groups is 1. The SMILES string of the molecule is COCCCCN1CCN(C2=NC(=O)/C(=C\c3ccc(OCc4ccc(C(F)(F)F)cc4C(F)(F)F)c(OC)c3)S2)CC1. The number of amides is 1. The number of nitrogens with zero attached hydrogens (tertiary/aromatic N) is 3. The molecule has 2 aliphatic heterocycles. The van der Waals surface area contributed by atoms with Crippen molar-refractivity contribution in [3.8, 4) is 11.5 Å². The third-order valence-corrected chi connectivity index (χ3v) is 7.98. The lowest BCUT2D eigenvalue weighted by Crippen LogP contribution is -2.47. The van der Waals surface area contributed by atoms with Gasteiger partial charge in [-0.15, -0.1) is 0 Å². The minimum absolute atomic E-state index is 0.0716. The van der Waals surface area contributed by atoms with Crippen LogP contribution in [0.25, 0.3) is 6.08 Å². The van der Waals surface area contributed by atoms with E-state index in [1.54, 1.807) is 25.3 Å². The molecule has 0 bridgehead atoms. The van der Waals surface area contributed by atoms with Gasteiger partial charge < -0.3 is 19.1 Å². The third-order valence-electron chi connectivity index (χ3n) is 6.94. The Morgan fingerprint density at radius 3 is 2.33 bits per heavy atom. The first-order valence-electron chi connectivity index (χ1n) is 13.5. The van der Waals surface area contributed by atoms with Crippen LogP contribution in [0.2, 0.25) is 0 Å². The lowest BCUT2D eigenvalue weighted by Gasteiger charge is -2.35. The Kier molecular flexibility index (Phi) is 10.7. The summed E-state index contributed by atoms with van der Waals surface area (Å²) >= 11 is 1.27. The van der Waals surface area contributed by atoms with Gasteiger partial charge in [0.2, 0.25) is 0 Å². The summed E-state index contributed by atoms with van der Waals surface area (Å²) in [5.41, 5.74) is -2.72. The van der Waals surface area contributed by atoms with Crippen LogP contribution in [0.3, 0.4) is 0 Å². The van der Waals surface area contributed by atoms with Crippen molar-refractivity contribution < 1.29 is 45.3 Å². The highest BCUT2D eigenvalue weighted by atomic mass is 32.2. The second-order valence-electron chi connectivity index (χ2n) is 9.91. The number of methoxy groups -OCH3 is 2. The maximum atomic E-state index is 13.5. The average molecular weight is 632 g/mol. The van der Waals surface area contributed by atoms with Crippen LogP contribution < -0.4 is 9.47 Å². The first kappa shape index (κ1) is 32.7. The quantitative estimate of drug-likeness (QED) is 0.173. The third kappa shape index (κ3) is 8.67. The van der Waals surface area contributed by atoms with E-state index in [0.717, 1.165) is 58.2 Å². The fourth-order valence-electron chi connectivity index (χ4n) is 4.62. The molecule has 0 atom stereocenters. The summed E-state index contributed by atoms with van der Waals surface area (Å²) in [5, 5.41) is 0.638. The Labute approximate surface area is 249 Å². The van der Waals surface area contributed by atoms with Crippen LogP contribution in [-0.2, 0) is 28.5 Å². The second kappa shape index (κ2) is 14.0. The molecule has 4 rings (SSSR count). The zero-order valence-corrected chi connectivity index (χ0v) is 24.4. The number of unbranched alkanes of at least 4 members (excludes halogenated alkanes) is 1. The molecule has 2 aromatic carbocycles. The topological polar surface area (TPSA) is 63.6 Å². The van der Waals surface area contributed by atoms with Gasteiger partial charge in [0.15, 0.2) is 16.7 Å². The minimum atomic E-state index is -5.01. The largest absolute Gasteiger partial charge is 0.493 e. The molecular weight excluding hydrogens is 600 g/mol. The molecule has 43 heavy (non-hydrogen) atoms. The van der Waals surface area contributed by atoms with E-state index in [1.165, 1.54) is 24.9 Å². The molecule has 2 aromatic rings. The summed E-state index contributed by atoms with van der Waals surface area (Å²) in [6.45, 7) is 4.35. The Hall–Kier alpha value is -3.23. The lowest BCUT2D eigenvalue weighted by molar-refractivity contribution is -0.143. The monoisotopic (exact) mass is 631 g/mol. The van der Waals surface area contributed by atoms with Crippen LogP contribution in [0.1, 0.15) is 35.1 Å². The average Bonchev–Trinajstić information content (AvgIpc) is 3.33. The number of halogens is 6. The van der Waals surface area contributed by atoms with Crippen molar-refractivity contribution in [1.82, 2.24) is 9.80 Å². The van der Waals surface area contributed by atoms with Gasteiger partial charge in [0.25, 0.3) is 5.91 Å². The van der Waals surface area contributed by atoms with Gasteiger partial charge in [0.1, 0.15) is 6.61 Å². The number of piperazine rings is 1. The minimum Gasteiger partial charge on any atom is -0.493 e. The van der Waals surface area contributed by atoms with E-state index in [1.807, 2.05) is 0 Å². The molecule has 1 fully saturated rings. The van der Waals surface area contributed by atoms with E-state index in [4.69, 9.17) is 14.2 Å². The van der Waals surface area contributed by atoms with E-state index in [9.17, 15) is 31.1 Å². The second-order valence-corrected chi connectivity index (χ2v) is 10.9. The molecule has 0 N–H and O–H groups in total. The molecule has 234 valence electrons. The first-order valence-corrected chi connectivity index (χ1v) is 14.3. The van der Waals surface area contributed by atoms with E-state index in [2.05, 4.69) is 14.8 Å². The van der Waals surface area contributed by atoms with Gasteiger partial charge in [-0.05, 0) is 67.1 Å². The van der Waals surface area contributed by atoms with Crippen LogP contribution in [0.15, 0.2) is 46.3 Å². The van der Waals surface area contributed by atoms with Crippen molar-refractivity contribution in [3.05, 3.63) is 63.6 Å². The smallest absolute Gasteiger partial charge is 0.416 e. The number of rotatable bonds is 10. The van der Waals surface area contributed by atoms with Crippen LogP contribution >= 0.6 is 11.8 Å². The molecule has 14 heteroatoms. The number of carbonyl (C=O) groups excluding carboxylic acids is 1. The fraction of sp³-hybridized carbons (Fsp3) is 0.448. The maximum Gasteiger partial charge on any atom is 0.416 e. The Morgan fingerprint density at radius 1 is 0.930 bits per heavy atom. The number of hydrogen-bond acceptors (Lipinski definition) is 7. The van der Waals surface area contributed by atoms with Crippen LogP contribution in [0.4, 0.5) is 26.3 Å². The summed E-state index contributed by atoms with van der Waals surface area (Å²) in [6, 6.07) is 6.00. The molecular formula is C29H31F6N3O4S. The van der Waals surface area contributed by atoms with Crippen molar-refractivity contribution in [2.45, 2.75) is 31.8 Å². The summed E-state index contributed by atoms with van der Waals surface area (Å²) in [6.07, 6.45) is -6.22. The van der Waals surface area contributed by atoms with Crippen molar-refractivity contribution in [2.24, 2.45) is 4.99 Å². The highest BCUT2D eigenvalue weighted by molar-refractivity contribution is 8.18. The molecule has 2 heterocycles. The lowest BCUT2D eigenvalue weighted by atomic mass is 10.0. The van der Waals surface area contributed by atoms with Crippen LogP contribution in [0.5, 0.6) is 11.5 Å². The van der Waals surface area contributed by atoms with E-state index < -0.39 is 35.6 Å². The standard InChI is InChI=1S/C29H31F6N3O4S/c1-40-14-4-3-9-37-10-12-38(13-11-37)27-36-26(39)25(43-27)16-19-5-8-23(24(15-19)41-2)42-18-20-6-7-21(28(30,31)32)17-22(20)29(33,34)35/h5-8,15-17H,3-4,9-14,18H2,1-2H3/b25-16+. The summed E-state index contributed by atoms with van der Waals surface area (Å²) in [5.74, 6) is -0.114. The summed E-state index contributed by atoms with van der Waals surface area (Å²) in [7, 11) is 3.03. The van der Waals surface area contributed by atoms with Gasteiger partial charge in [-0.25, -0.2) is 0 Å². The van der Waals surface area contributed by atoms with Gasteiger partial charge in [-0.3, -0.25) is 9.69 Å². The van der Waals surface area contributed by atoms with Crippen LogP contribution in [0, 0.1) is 0 Å². The van der Waals surface area contributed by atoms with Crippen molar-refractivity contribution in [3.63, 3.8) is 0 Å². The predicted octanol–water partition coefficient (Wildman–Crippen LogP) is 6.33. The molecule has 0 aromatic heterocycles. The molecule has 7 nitrogen and oxygen atoms in total. The van der Waals surface area contributed by atoms with Gasteiger partial charge >= 0.3 is 12.4 Å². The Morgan fingerprint density at radius 2 is 1.67 bits per heavy atom. The molecule has 1 saturated heterocycles. The molecule has 0 aliphatic carbocycles. The fourth-order valence-corrected chi connectivity index (χ4v) is 5.59. The zero-order chi connectivity index (χ0) is 31.2. The van der Waals surface area contributed by atoms with Gasteiger partial charge in [0, 0.05) is 45.5 Å². The molecule has 2 aliphatic rings. The number of carbonyl (C=O) groups is 1. The van der Waals surface area contributed by atoms with Crippen molar-refractivity contribution in [1.29, 1.82) is 0 Å². The molecule has 0 spiro atoms. The highest BCUT2D eigenvalue weighted by Crippen LogP contribution is 2.39. The number of thioether (sulfide) groups is 1. The highest BCUT2D eigenvalue weighted by Gasteiger charge is 2.38. The Balaban J connectivity index is 1.39. The van der Waals surface area contributed by atoms with Crippen molar-refractivity contribution >= 4 is 28.9 Å². The molecule has 0 radical (unpaired) electrons. The Bertz CT molecular complexity index is 1350. The van der Waals surface area contributed by atoms with Gasteiger partial charge in [0.05, 0.1) is 23.1 Å². The number of hydrogen-bond donors (Lipinski definition) is 0. The number of aliphatic imine (C=N–C) groups is 1. The van der Waals surface area contributed by atoms with E-state index in [-0.39, 0.29) is 23.5 Å². The van der Waals surface area contributed by atoms with Crippen LogP contribution in [-0.4, -0.2) is 74.4 Å².